The molecule has 0 radical (unpaired) electrons. The highest BCUT2D eigenvalue weighted by atomic mass is 16.5. The molecule has 1 aromatic carbocycles. The molecule has 0 unspecified atom stereocenters. The molecule has 0 spiro atoms. The van der Waals surface area contributed by atoms with E-state index >= 15 is 0 Å². The maximum atomic E-state index is 12.1. The van der Waals surface area contributed by atoms with Crippen LogP contribution in [0.15, 0.2) is 24.3 Å². The lowest BCUT2D eigenvalue weighted by Crippen LogP contribution is -2.50. The van der Waals surface area contributed by atoms with Gasteiger partial charge in [-0.3, -0.25) is 9.59 Å². The number of hydrogen-bond donors (Lipinski definition) is 3. The molecule has 0 saturated carbocycles. The quantitative estimate of drug-likeness (QED) is 0.702. The summed E-state index contributed by atoms with van der Waals surface area (Å²) in [6.07, 6.45) is 0. The number of benzene rings is 1. The zero-order chi connectivity index (χ0) is 17.6. The Morgan fingerprint density at radius 3 is 2.43 bits per heavy atom. The van der Waals surface area contributed by atoms with Crippen molar-refractivity contribution in [2.24, 2.45) is 11.7 Å². The molecule has 1 rings (SSSR count). The Morgan fingerprint density at radius 2 is 1.87 bits per heavy atom. The van der Waals surface area contributed by atoms with Crippen LogP contribution in [0, 0.1) is 5.92 Å². The molecule has 0 aliphatic heterocycles. The minimum atomic E-state index is -0.630. The van der Waals surface area contributed by atoms with Gasteiger partial charge in [0.05, 0.1) is 25.2 Å². The Labute approximate surface area is 137 Å². The highest BCUT2D eigenvalue weighted by Crippen LogP contribution is 2.29. The number of ether oxygens (including phenoxy) is 1. The van der Waals surface area contributed by atoms with Crippen LogP contribution in [0.5, 0.6) is 5.75 Å². The maximum absolute atomic E-state index is 12.1. The van der Waals surface area contributed by atoms with Crippen LogP contribution in [-0.4, -0.2) is 31.5 Å². The smallest absolute Gasteiger partial charge is 0.240 e. The monoisotopic (exact) mass is 321 g/mol. The molecule has 1 aromatic rings. The summed E-state index contributed by atoms with van der Waals surface area (Å²) in [7, 11) is 1.59. The molecule has 23 heavy (non-hydrogen) atoms. The van der Waals surface area contributed by atoms with Gasteiger partial charge >= 0.3 is 0 Å². The van der Waals surface area contributed by atoms with E-state index in [0.29, 0.717) is 5.75 Å². The number of amides is 2. The average molecular weight is 321 g/mol. The Bertz CT molecular complexity index is 556. The second kappa shape index (κ2) is 7.97. The van der Waals surface area contributed by atoms with E-state index in [0.717, 1.165) is 5.56 Å². The van der Waals surface area contributed by atoms with Gasteiger partial charge in [0.25, 0.3) is 0 Å². The van der Waals surface area contributed by atoms with Crippen LogP contribution < -0.4 is 21.1 Å². The fourth-order valence-electron chi connectivity index (χ4n) is 2.21. The van der Waals surface area contributed by atoms with Gasteiger partial charge in [-0.25, -0.2) is 0 Å². The highest BCUT2D eigenvalue weighted by Gasteiger charge is 2.26. The van der Waals surface area contributed by atoms with Crippen LogP contribution in [0.3, 0.4) is 0 Å². The van der Waals surface area contributed by atoms with Gasteiger partial charge in [-0.15, -0.1) is 0 Å². The molecule has 1 atom stereocenters. The third kappa shape index (κ3) is 5.25. The standard InChI is InChI=1S/C17H27N3O3/c1-11(2)15(18)16(22)19-10-14(21)20-17(3,4)12-8-6-7-9-13(12)23-5/h6-9,11,15H,10,18H2,1-5H3,(H,19,22)(H,20,21)/t15-/m0/s1. The SMILES string of the molecule is COc1ccccc1C(C)(C)NC(=O)CNC(=O)[C@@H](N)C(C)C. The zero-order valence-corrected chi connectivity index (χ0v) is 14.5. The van der Waals surface area contributed by atoms with Crippen molar-refractivity contribution in [2.45, 2.75) is 39.3 Å². The molecule has 0 aromatic heterocycles. The van der Waals surface area contributed by atoms with Gasteiger partial charge in [-0.2, -0.15) is 0 Å². The first-order valence-corrected chi connectivity index (χ1v) is 7.67. The van der Waals surface area contributed by atoms with Crippen molar-refractivity contribution in [2.75, 3.05) is 13.7 Å². The molecule has 6 heteroatoms. The molecular weight excluding hydrogens is 294 g/mol. The number of nitrogens with one attached hydrogen (secondary N) is 2. The van der Waals surface area contributed by atoms with Crippen LogP contribution in [-0.2, 0) is 15.1 Å². The summed E-state index contributed by atoms with van der Waals surface area (Å²) in [5.41, 5.74) is 5.97. The summed E-state index contributed by atoms with van der Waals surface area (Å²) in [6.45, 7) is 7.36. The summed E-state index contributed by atoms with van der Waals surface area (Å²) in [6, 6.07) is 6.87. The van der Waals surface area contributed by atoms with Crippen LogP contribution in [0.2, 0.25) is 0 Å². The van der Waals surface area contributed by atoms with E-state index in [2.05, 4.69) is 10.6 Å². The fourth-order valence-corrected chi connectivity index (χ4v) is 2.21. The highest BCUT2D eigenvalue weighted by molar-refractivity contribution is 5.87. The first kappa shape index (κ1) is 19.0. The van der Waals surface area contributed by atoms with E-state index < -0.39 is 11.6 Å². The molecule has 0 aliphatic carbocycles. The van der Waals surface area contributed by atoms with Crippen LogP contribution in [0.4, 0.5) is 0 Å². The number of methoxy groups -OCH3 is 1. The Hall–Kier alpha value is -2.08. The predicted octanol–water partition coefficient (Wildman–Crippen LogP) is 1.15. The first-order chi connectivity index (χ1) is 10.7. The molecule has 0 fully saturated rings. The van der Waals surface area contributed by atoms with Crippen LogP contribution in [0.1, 0.15) is 33.3 Å². The van der Waals surface area contributed by atoms with Crippen molar-refractivity contribution in [1.82, 2.24) is 10.6 Å². The molecule has 0 aliphatic rings. The van der Waals surface area contributed by atoms with E-state index in [1.165, 1.54) is 0 Å². The van der Waals surface area contributed by atoms with Gasteiger partial charge in [-0.1, -0.05) is 32.0 Å². The van der Waals surface area contributed by atoms with Crippen molar-refractivity contribution < 1.29 is 14.3 Å². The van der Waals surface area contributed by atoms with E-state index in [1.807, 2.05) is 52.0 Å². The average Bonchev–Trinajstić information content (AvgIpc) is 2.51. The molecule has 128 valence electrons. The van der Waals surface area contributed by atoms with Gasteiger partial charge in [0, 0.05) is 5.56 Å². The van der Waals surface area contributed by atoms with Crippen molar-refractivity contribution in [3.8, 4) is 5.75 Å². The fraction of sp³-hybridized carbons (Fsp3) is 0.529. The molecule has 2 amide bonds. The van der Waals surface area contributed by atoms with E-state index in [9.17, 15) is 9.59 Å². The lowest BCUT2D eigenvalue weighted by atomic mass is 9.93. The van der Waals surface area contributed by atoms with Crippen molar-refractivity contribution in [3.05, 3.63) is 29.8 Å². The minimum Gasteiger partial charge on any atom is -0.496 e. The molecular formula is C17H27N3O3. The van der Waals surface area contributed by atoms with E-state index in [4.69, 9.17) is 10.5 Å². The molecule has 0 heterocycles. The summed E-state index contributed by atoms with van der Waals surface area (Å²) >= 11 is 0. The Balaban J connectivity index is 2.67. The van der Waals surface area contributed by atoms with Gasteiger partial charge < -0.3 is 21.1 Å². The number of rotatable bonds is 7. The number of carbonyl (C=O) groups is 2. The summed E-state index contributed by atoms with van der Waals surface area (Å²) < 4.78 is 5.33. The molecule has 0 bridgehead atoms. The lowest BCUT2D eigenvalue weighted by molar-refractivity contribution is -0.128. The maximum Gasteiger partial charge on any atom is 0.240 e. The molecule has 4 N–H and O–H groups in total. The second-order valence-corrected chi connectivity index (χ2v) is 6.36. The van der Waals surface area contributed by atoms with Crippen molar-refractivity contribution in [3.63, 3.8) is 0 Å². The number of hydrogen-bond acceptors (Lipinski definition) is 4. The van der Waals surface area contributed by atoms with Crippen LogP contribution >= 0.6 is 0 Å². The first-order valence-electron chi connectivity index (χ1n) is 7.67. The van der Waals surface area contributed by atoms with Gasteiger partial charge in [0.2, 0.25) is 11.8 Å². The third-order valence-electron chi connectivity index (χ3n) is 3.68. The number of carbonyl (C=O) groups excluding carboxylic acids is 2. The lowest BCUT2D eigenvalue weighted by Gasteiger charge is -2.28. The van der Waals surface area contributed by atoms with Gasteiger partial charge in [0.15, 0.2) is 0 Å². The third-order valence-corrected chi connectivity index (χ3v) is 3.68. The Kier molecular flexibility index (Phi) is 6.57. The molecule has 6 nitrogen and oxygen atoms in total. The van der Waals surface area contributed by atoms with Gasteiger partial charge in [0.1, 0.15) is 5.75 Å². The van der Waals surface area contributed by atoms with Crippen molar-refractivity contribution in [1.29, 1.82) is 0 Å². The Morgan fingerprint density at radius 1 is 1.26 bits per heavy atom. The number of nitrogens with two attached hydrogens (primary N) is 1. The number of para-hydroxylation sites is 1. The largest absolute Gasteiger partial charge is 0.496 e. The normalized spacial score (nSPS) is 12.7. The van der Waals surface area contributed by atoms with E-state index in [1.54, 1.807) is 7.11 Å². The summed E-state index contributed by atoms with van der Waals surface area (Å²) in [5, 5.41) is 5.46. The zero-order valence-electron chi connectivity index (χ0n) is 14.5. The topological polar surface area (TPSA) is 93.5 Å². The van der Waals surface area contributed by atoms with Crippen molar-refractivity contribution >= 4 is 11.8 Å². The predicted molar refractivity (Wildman–Crippen MR) is 90.0 cm³/mol. The summed E-state index contributed by atoms with van der Waals surface area (Å²) in [5.74, 6) is 0.0993. The second-order valence-electron chi connectivity index (χ2n) is 6.36. The van der Waals surface area contributed by atoms with Gasteiger partial charge in [-0.05, 0) is 25.8 Å². The van der Waals surface area contributed by atoms with Crippen LogP contribution in [0.25, 0.3) is 0 Å². The molecule has 0 saturated heterocycles. The minimum absolute atomic E-state index is 0.0167. The van der Waals surface area contributed by atoms with E-state index in [-0.39, 0.29) is 24.3 Å². The summed E-state index contributed by atoms with van der Waals surface area (Å²) in [4.78, 5) is 23.9.